The summed E-state index contributed by atoms with van der Waals surface area (Å²) in [5, 5.41) is 13.9. The summed E-state index contributed by atoms with van der Waals surface area (Å²) in [5.74, 6) is -2.93. The highest BCUT2D eigenvalue weighted by Gasteiger charge is 2.23. The average molecular weight is 461 g/mol. The van der Waals surface area contributed by atoms with Crippen molar-refractivity contribution in [3.63, 3.8) is 0 Å². The standard InChI is InChI=1S/C19H10BrFN2O4S/c20-10-6-4-9(5-7-10)11-8-28-18(14(11)19(25)26)23-16(24)17-22-13-3-1-2-12(21)15(13)27-17/h1-8H,(H,23,24)(H,25,26). The summed E-state index contributed by atoms with van der Waals surface area (Å²) in [4.78, 5) is 28.2. The molecule has 6 nitrogen and oxygen atoms in total. The molecule has 0 saturated carbocycles. The number of hydrogen-bond donors (Lipinski definition) is 2. The molecule has 2 heterocycles. The topological polar surface area (TPSA) is 92.4 Å². The van der Waals surface area contributed by atoms with E-state index in [0.29, 0.717) is 11.1 Å². The van der Waals surface area contributed by atoms with Crippen molar-refractivity contribution in [3.8, 4) is 11.1 Å². The van der Waals surface area contributed by atoms with Gasteiger partial charge in [-0.15, -0.1) is 11.3 Å². The molecular formula is C19H10BrFN2O4S. The molecule has 0 radical (unpaired) electrons. The maximum absolute atomic E-state index is 13.7. The van der Waals surface area contributed by atoms with E-state index in [2.05, 4.69) is 26.2 Å². The van der Waals surface area contributed by atoms with E-state index in [4.69, 9.17) is 4.42 Å². The molecule has 0 bridgehead atoms. The van der Waals surface area contributed by atoms with E-state index < -0.39 is 17.7 Å². The van der Waals surface area contributed by atoms with Crippen molar-refractivity contribution in [1.29, 1.82) is 0 Å². The molecule has 0 aliphatic heterocycles. The number of rotatable bonds is 4. The van der Waals surface area contributed by atoms with Crippen LogP contribution < -0.4 is 5.32 Å². The average Bonchev–Trinajstić information content (AvgIpc) is 3.27. The maximum atomic E-state index is 13.7. The van der Waals surface area contributed by atoms with Crippen molar-refractivity contribution in [3.05, 3.63) is 69.6 Å². The van der Waals surface area contributed by atoms with Crippen LogP contribution in [0.3, 0.4) is 0 Å². The number of amides is 1. The number of hydrogen-bond acceptors (Lipinski definition) is 5. The van der Waals surface area contributed by atoms with Crippen molar-refractivity contribution in [2.75, 3.05) is 5.32 Å². The molecule has 2 N–H and O–H groups in total. The third-order valence-electron chi connectivity index (χ3n) is 3.95. The summed E-state index contributed by atoms with van der Waals surface area (Å²) in [5.41, 5.74) is 1.20. The van der Waals surface area contributed by atoms with Gasteiger partial charge in [0.2, 0.25) is 0 Å². The lowest BCUT2D eigenvalue weighted by Crippen LogP contribution is -2.13. The molecule has 1 amide bonds. The number of nitrogens with zero attached hydrogens (tertiary/aromatic N) is 1. The molecule has 2 aromatic heterocycles. The number of nitrogens with one attached hydrogen (secondary N) is 1. The Hall–Kier alpha value is -3.04. The second kappa shape index (κ2) is 7.17. The number of halogens is 2. The van der Waals surface area contributed by atoms with Crippen LogP contribution in [0.25, 0.3) is 22.2 Å². The van der Waals surface area contributed by atoms with Crippen molar-refractivity contribution in [2.45, 2.75) is 0 Å². The summed E-state index contributed by atoms with van der Waals surface area (Å²) in [7, 11) is 0. The number of oxazole rings is 1. The zero-order valence-corrected chi connectivity index (χ0v) is 16.3. The first-order chi connectivity index (χ1) is 13.4. The number of carboxylic acids is 1. The predicted octanol–water partition coefficient (Wildman–Crippen LogP) is 5.41. The van der Waals surface area contributed by atoms with Gasteiger partial charge in [-0.2, -0.15) is 0 Å². The number of carbonyl (C=O) groups excluding carboxylic acids is 1. The Morgan fingerprint density at radius 1 is 1.18 bits per heavy atom. The zero-order chi connectivity index (χ0) is 19.8. The Balaban J connectivity index is 1.69. The normalized spacial score (nSPS) is 10.9. The van der Waals surface area contributed by atoms with Crippen LogP contribution in [0.4, 0.5) is 9.39 Å². The van der Waals surface area contributed by atoms with Gasteiger partial charge in [-0.1, -0.05) is 34.1 Å². The highest BCUT2D eigenvalue weighted by atomic mass is 79.9. The predicted molar refractivity (Wildman–Crippen MR) is 106 cm³/mol. The summed E-state index contributed by atoms with van der Waals surface area (Å²) in [6.45, 7) is 0. The molecule has 0 unspecified atom stereocenters. The van der Waals surface area contributed by atoms with Crippen LogP contribution in [0.15, 0.2) is 56.7 Å². The van der Waals surface area contributed by atoms with Gasteiger partial charge in [-0.25, -0.2) is 14.2 Å². The van der Waals surface area contributed by atoms with Gasteiger partial charge in [0.05, 0.1) is 0 Å². The number of para-hydroxylation sites is 1. The molecule has 2 aromatic carbocycles. The van der Waals surface area contributed by atoms with Crippen LogP contribution in [0, 0.1) is 5.82 Å². The van der Waals surface area contributed by atoms with Crippen LogP contribution in [0.2, 0.25) is 0 Å². The van der Waals surface area contributed by atoms with Gasteiger partial charge in [0.25, 0.3) is 5.89 Å². The van der Waals surface area contributed by atoms with E-state index in [1.165, 1.54) is 18.2 Å². The monoisotopic (exact) mass is 460 g/mol. The molecule has 0 aliphatic rings. The Morgan fingerprint density at radius 3 is 2.61 bits per heavy atom. The summed E-state index contributed by atoms with van der Waals surface area (Å²) in [6.07, 6.45) is 0. The first-order valence-corrected chi connectivity index (χ1v) is 9.58. The molecule has 0 saturated heterocycles. The maximum Gasteiger partial charge on any atom is 0.339 e. The van der Waals surface area contributed by atoms with Gasteiger partial charge in [0, 0.05) is 15.4 Å². The van der Waals surface area contributed by atoms with E-state index >= 15 is 0 Å². The van der Waals surface area contributed by atoms with Crippen LogP contribution in [0.1, 0.15) is 21.0 Å². The number of aromatic carboxylic acids is 1. The molecule has 0 atom stereocenters. The number of carbonyl (C=O) groups is 2. The van der Waals surface area contributed by atoms with E-state index in [9.17, 15) is 19.1 Å². The molecule has 4 aromatic rings. The number of thiophene rings is 1. The zero-order valence-electron chi connectivity index (χ0n) is 13.9. The van der Waals surface area contributed by atoms with Gasteiger partial charge in [-0.05, 0) is 29.8 Å². The Morgan fingerprint density at radius 2 is 1.93 bits per heavy atom. The van der Waals surface area contributed by atoms with Gasteiger partial charge < -0.3 is 14.8 Å². The molecule has 28 heavy (non-hydrogen) atoms. The molecule has 0 aliphatic carbocycles. The minimum Gasteiger partial charge on any atom is -0.478 e. The fraction of sp³-hybridized carbons (Fsp3) is 0. The lowest BCUT2D eigenvalue weighted by Gasteiger charge is -2.04. The number of carboxylic acid groups (broad SMARTS) is 1. The van der Waals surface area contributed by atoms with E-state index in [1.54, 1.807) is 29.6 Å². The largest absolute Gasteiger partial charge is 0.478 e. The van der Waals surface area contributed by atoms with Crippen molar-refractivity contribution in [1.82, 2.24) is 4.98 Å². The van der Waals surface area contributed by atoms with Crippen LogP contribution in [-0.2, 0) is 0 Å². The minimum absolute atomic E-state index is 0.0389. The number of fused-ring (bicyclic) bond motifs is 1. The quantitative estimate of drug-likeness (QED) is 0.424. The van der Waals surface area contributed by atoms with Crippen LogP contribution in [-0.4, -0.2) is 22.0 Å². The summed E-state index contributed by atoms with van der Waals surface area (Å²) >= 11 is 4.40. The highest BCUT2D eigenvalue weighted by Crippen LogP contribution is 2.36. The first-order valence-electron chi connectivity index (χ1n) is 7.91. The van der Waals surface area contributed by atoms with Gasteiger partial charge in [-0.3, -0.25) is 4.79 Å². The van der Waals surface area contributed by atoms with E-state index in [-0.39, 0.29) is 27.6 Å². The summed E-state index contributed by atoms with van der Waals surface area (Å²) in [6, 6.07) is 11.3. The number of aromatic nitrogens is 1. The lowest BCUT2D eigenvalue weighted by molar-refractivity contribution is 0.0699. The van der Waals surface area contributed by atoms with Gasteiger partial charge in [0.1, 0.15) is 16.1 Å². The molecule has 0 fully saturated rings. The van der Waals surface area contributed by atoms with Gasteiger partial charge in [0.15, 0.2) is 11.4 Å². The SMILES string of the molecule is O=C(Nc1scc(-c2ccc(Br)cc2)c1C(=O)O)c1nc2cccc(F)c2o1. The molecule has 0 spiro atoms. The van der Waals surface area contributed by atoms with Crippen LogP contribution >= 0.6 is 27.3 Å². The fourth-order valence-electron chi connectivity index (χ4n) is 2.67. The Labute approximate surface area is 169 Å². The molecule has 9 heteroatoms. The van der Waals surface area contributed by atoms with Crippen molar-refractivity contribution >= 4 is 55.2 Å². The first kappa shape index (κ1) is 18.3. The third-order valence-corrected chi connectivity index (χ3v) is 5.37. The van der Waals surface area contributed by atoms with Crippen molar-refractivity contribution < 1.29 is 23.5 Å². The lowest BCUT2D eigenvalue weighted by atomic mass is 10.0. The number of anilines is 1. The summed E-state index contributed by atoms with van der Waals surface area (Å²) < 4.78 is 19.8. The molecule has 140 valence electrons. The second-order valence-corrected chi connectivity index (χ2v) is 7.52. The Kier molecular flexibility index (Phi) is 4.70. The van der Waals surface area contributed by atoms with Crippen molar-refractivity contribution in [2.24, 2.45) is 0 Å². The molecule has 4 rings (SSSR count). The Bertz CT molecular complexity index is 1220. The number of benzene rings is 2. The molecular weight excluding hydrogens is 451 g/mol. The van der Waals surface area contributed by atoms with Gasteiger partial charge >= 0.3 is 11.9 Å². The highest BCUT2D eigenvalue weighted by molar-refractivity contribution is 9.10. The third kappa shape index (κ3) is 3.30. The van der Waals surface area contributed by atoms with Crippen LogP contribution in [0.5, 0.6) is 0 Å². The van der Waals surface area contributed by atoms with E-state index in [1.807, 2.05) is 0 Å². The fourth-order valence-corrected chi connectivity index (χ4v) is 3.89. The minimum atomic E-state index is -1.18. The second-order valence-electron chi connectivity index (χ2n) is 5.73. The van der Waals surface area contributed by atoms with E-state index in [0.717, 1.165) is 15.8 Å². The smallest absolute Gasteiger partial charge is 0.339 e.